The zero-order chi connectivity index (χ0) is 66.8. The van der Waals surface area contributed by atoms with Gasteiger partial charge in [-0.15, -0.1) is 0 Å². The third-order valence-corrected chi connectivity index (χ3v) is 15.3. The smallest absolute Gasteiger partial charge is 0.341 e. The first-order valence-electron chi connectivity index (χ1n) is 30.9. The molecule has 0 saturated carbocycles. The number of nitrogens with zero attached hydrogens (tertiary/aromatic N) is 8. The quantitative estimate of drug-likeness (QED) is 0.0674. The van der Waals surface area contributed by atoms with E-state index in [0.29, 0.717) is 11.1 Å². The largest absolute Gasteiger partial charge is 0.462 e. The second-order valence-corrected chi connectivity index (χ2v) is 24.7. The monoisotopic (exact) mass is 1250 g/mol. The maximum absolute atomic E-state index is 15.1. The molecule has 24 heteroatoms. The van der Waals surface area contributed by atoms with Crippen LogP contribution in [0.1, 0.15) is 152 Å². The number of likely N-dealkylation sites (N-methyl/N-ethyl adjacent to an activating group) is 4. The molecule has 1 aliphatic heterocycles. The molecule has 492 valence electrons. The van der Waals surface area contributed by atoms with Crippen LogP contribution in [0.2, 0.25) is 0 Å². The molecule has 1 saturated heterocycles. The van der Waals surface area contributed by atoms with Crippen molar-refractivity contribution in [3.63, 3.8) is 0 Å². The fourth-order valence-electron chi connectivity index (χ4n) is 10.4. The fourth-order valence-corrected chi connectivity index (χ4v) is 10.4. The van der Waals surface area contributed by atoms with Crippen LogP contribution >= 0.6 is 0 Å². The second kappa shape index (κ2) is 33.4. The van der Waals surface area contributed by atoms with Crippen LogP contribution in [0.25, 0.3) is 0 Å². The Hall–Kier alpha value is -8.44. The summed E-state index contributed by atoms with van der Waals surface area (Å²) in [4.78, 5) is 147. The minimum absolute atomic E-state index is 0.0392. The van der Waals surface area contributed by atoms with Crippen molar-refractivity contribution in [3.8, 4) is 0 Å². The van der Waals surface area contributed by atoms with E-state index in [4.69, 9.17) is 28.4 Å². The molecule has 4 aromatic rings. The Balaban J connectivity index is 1.57. The minimum Gasteiger partial charge on any atom is -0.462 e. The Morgan fingerprint density at radius 3 is 0.978 bits per heavy atom. The molecule has 2 aromatic heterocycles. The summed E-state index contributed by atoms with van der Waals surface area (Å²) in [6.07, 6.45) is -0.586. The predicted molar refractivity (Wildman–Crippen MR) is 330 cm³/mol. The number of ether oxygens (including phenoxy) is 6. The second-order valence-electron chi connectivity index (χ2n) is 24.7. The Labute approximate surface area is 528 Å². The summed E-state index contributed by atoms with van der Waals surface area (Å²) in [5.74, 6) is -8.98. The van der Waals surface area contributed by atoms with Crippen molar-refractivity contribution >= 4 is 59.4 Å². The van der Waals surface area contributed by atoms with E-state index in [1.54, 1.807) is 84.1 Å². The standard InChI is InChI=1S/C66H92N8O16/c1-17-85-61(79)49-33-67-73(37-49)35-47-23-19-45(20-24-47)31-55-59(77)71(15)51(27-39(3)4)63(81)87-44(12)58(76)70(14)54(30-42(9)10)66(84)90-56(32-46-21-25-48(26-22-46)36-74-38-50(34-68-74)62(80)86-18-2)60(78)72(16)52(28-40(5)6)64(82)88-43(11)57(75)69(13)53(29-41(7)8)65(83)89-55/h19-26,33-34,37-44,51-56H,17-18,27-32,35-36H2,1-16H3/t43-,44-,51+,52+,53+,54+,55-,56-/m1/s1. The van der Waals surface area contributed by atoms with E-state index >= 15 is 9.59 Å². The third kappa shape index (κ3) is 20.3. The van der Waals surface area contributed by atoms with Gasteiger partial charge < -0.3 is 48.0 Å². The zero-order valence-electron chi connectivity index (χ0n) is 55.0. The van der Waals surface area contributed by atoms with E-state index in [1.165, 1.54) is 54.4 Å². The molecule has 0 spiro atoms. The average Bonchev–Trinajstić information content (AvgIpc) is 1.68. The van der Waals surface area contributed by atoms with Crippen LogP contribution in [-0.4, -0.2) is 189 Å². The molecule has 8 atom stereocenters. The van der Waals surface area contributed by atoms with Crippen molar-refractivity contribution in [2.45, 2.75) is 183 Å². The summed E-state index contributed by atoms with van der Waals surface area (Å²) in [6.45, 7) is 21.6. The average molecular weight is 1250 g/mol. The summed E-state index contributed by atoms with van der Waals surface area (Å²) >= 11 is 0. The van der Waals surface area contributed by atoms with Crippen LogP contribution in [0, 0.1) is 23.7 Å². The number of carbonyl (C=O) groups is 10. The van der Waals surface area contributed by atoms with E-state index < -0.39 is 108 Å². The number of aromatic nitrogens is 4. The number of esters is 6. The van der Waals surface area contributed by atoms with Gasteiger partial charge in [-0.3, -0.25) is 28.5 Å². The lowest BCUT2D eigenvalue weighted by Crippen LogP contribution is -2.55. The molecule has 90 heavy (non-hydrogen) atoms. The van der Waals surface area contributed by atoms with Gasteiger partial charge in [0.25, 0.3) is 23.6 Å². The summed E-state index contributed by atoms with van der Waals surface area (Å²) in [5, 5.41) is 8.56. The van der Waals surface area contributed by atoms with Gasteiger partial charge in [0.15, 0.2) is 24.4 Å². The Morgan fingerprint density at radius 1 is 0.433 bits per heavy atom. The number of amides is 4. The number of hydrogen-bond donors (Lipinski definition) is 0. The summed E-state index contributed by atoms with van der Waals surface area (Å²) in [5.41, 5.74) is 3.19. The number of carbonyl (C=O) groups excluding carboxylic acids is 10. The van der Waals surface area contributed by atoms with E-state index in [-0.39, 0.29) is 99.6 Å². The molecular weight excluding hydrogens is 1160 g/mol. The van der Waals surface area contributed by atoms with Gasteiger partial charge in [-0.2, -0.15) is 10.2 Å². The summed E-state index contributed by atoms with van der Waals surface area (Å²) in [7, 11) is 5.44. The molecule has 0 unspecified atom stereocenters. The highest BCUT2D eigenvalue weighted by Gasteiger charge is 2.43. The predicted octanol–water partition coefficient (Wildman–Crippen LogP) is 6.51. The lowest BCUT2D eigenvalue weighted by Gasteiger charge is -2.35. The van der Waals surface area contributed by atoms with Gasteiger partial charge in [0.2, 0.25) is 0 Å². The third-order valence-electron chi connectivity index (χ3n) is 15.3. The maximum atomic E-state index is 15.1. The first kappa shape index (κ1) is 72.3. The van der Waals surface area contributed by atoms with Crippen molar-refractivity contribution in [1.29, 1.82) is 0 Å². The lowest BCUT2D eigenvalue weighted by atomic mass is 9.99. The van der Waals surface area contributed by atoms with Gasteiger partial charge in [0, 0.05) is 53.4 Å². The van der Waals surface area contributed by atoms with Gasteiger partial charge in [0.1, 0.15) is 24.2 Å². The van der Waals surface area contributed by atoms with E-state index in [1.807, 2.05) is 55.4 Å². The van der Waals surface area contributed by atoms with Gasteiger partial charge in [-0.25, -0.2) is 28.8 Å². The highest BCUT2D eigenvalue weighted by Crippen LogP contribution is 2.25. The molecule has 0 aliphatic carbocycles. The molecule has 1 fully saturated rings. The maximum Gasteiger partial charge on any atom is 0.341 e. The zero-order valence-corrected chi connectivity index (χ0v) is 55.0. The van der Waals surface area contributed by atoms with Crippen LogP contribution in [-0.2, 0) is 92.7 Å². The SMILES string of the molecule is CCOC(=O)c1cnn(Cc2ccc(C[C@H]3OC(=O)[C@H](CC(C)C)N(C)C(=O)[C@@H](C)OC(=O)[C@H](CC(C)C)N(C)C(=O)[C@@H](Cc4ccc(Cn5cc(C(=O)OCC)cn5)cc4)OC(=O)[C@H](CC(C)C)N(C)C(=O)[C@@H](C)OC(=O)[C@H](CC(C)C)N(C)C3=O)cc2)c1. The molecule has 5 rings (SSSR count). The van der Waals surface area contributed by atoms with Crippen molar-refractivity contribution in [2.75, 3.05) is 41.4 Å². The highest BCUT2D eigenvalue weighted by atomic mass is 16.6. The molecule has 4 amide bonds. The van der Waals surface area contributed by atoms with Crippen molar-refractivity contribution in [3.05, 3.63) is 107 Å². The Morgan fingerprint density at radius 2 is 0.700 bits per heavy atom. The molecule has 3 heterocycles. The van der Waals surface area contributed by atoms with Gasteiger partial charge in [0.05, 0.1) is 49.8 Å². The van der Waals surface area contributed by atoms with Gasteiger partial charge in [-0.05, 0) is 99.3 Å². The molecule has 1 aliphatic rings. The van der Waals surface area contributed by atoms with Crippen molar-refractivity contribution < 1.29 is 76.4 Å². The molecule has 0 radical (unpaired) electrons. The highest BCUT2D eigenvalue weighted by molar-refractivity contribution is 5.95. The first-order chi connectivity index (χ1) is 42.4. The number of cyclic esters (lactones) is 4. The number of benzene rings is 2. The fraction of sp³-hybridized carbons (Fsp3) is 0.576. The van der Waals surface area contributed by atoms with Crippen LogP contribution < -0.4 is 0 Å². The van der Waals surface area contributed by atoms with E-state index in [2.05, 4.69) is 10.2 Å². The van der Waals surface area contributed by atoms with E-state index in [9.17, 15) is 38.4 Å². The van der Waals surface area contributed by atoms with Gasteiger partial charge in [-0.1, -0.05) is 104 Å². The molecule has 2 aromatic carbocycles. The number of hydrogen-bond acceptors (Lipinski definition) is 18. The molecule has 0 N–H and O–H groups in total. The van der Waals surface area contributed by atoms with E-state index in [0.717, 1.165) is 30.7 Å². The van der Waals surface area contributed by atoms with Crippen LogP contribution in [0.4, 0.5) is 0 Å². The lowest BCUT2D eigenvalue weighted by molar-refractivity contribution is -0.176. The molecule has 0 bridgehead atoms. The topological polar surface area (TPSA) is 275 Å². The number of rotatable bonds is 20. The summed E-state index contributed by atoms with van der Waals surface area (Å²) in [6, 6.07) is 8.70. The Kier molecular flexibility index (Phi) is 26.8. The van der Waals surface area contributed by atoms with Crippen LogP contribution in [0.5, 0.6) is 0 Å². The van der Waals surface area contributed by atoms with Crippen LogP contribution in [0.3, 0.4) is 0 Å². The Bertz CT molecular complexity index is 2900. The van der Waals surface area contributed by atoms with Gasteiger partial charge >= 0.3 is 35.8 Å². The molecule has 24 nitrogen and oxygen atoms in total. The van der Waals surface area contributed by atoms with Crippen molar-refractivity contribution in [1.82, 2.24) is 39.2 Å². The summed E-state index contributed by atoms with van der Waals surface area (Å²) < 4.78 is 37.6. The van der Waals surface area contributed by atoms with Crippen molar-refractivity contribution in [2.24, 2.45) is 23.7 Å². The molecular formula is C66H92N8O16. The minimum atomic E-state index is -1.60. The normalized spacial score (nSPS) is 21.8. The first-order valence-corrected chi connectivity index (χ1v) is 30.9. The van der Waals surface area contributed by atoms with Crippen LogP contribution in [0.15, 0.2) is 73.3 Å².